The van der Waals surface area contributed by atoms with Crippen LogP contribution in [0.2, 0.25) is 0 Å². The summed E-state index contributed by atoms with van der Waals surface area (Å²) in [5, 5.41) is 15.7. The molecule has 1 aromatic carbocycles. The van der Waals surface area contributed by atoms with Crippen molar-refractivity contribution in [3.8, 4) is 5.69 Å². The molecule has 1 aromatic heterocycles. The molecule has 0 aliphatic rings. The van der Waals surface area contributed by atoms with Gasteiger partial charge in [-0.2, -0.15) is 5.10 Å². The van der Waals surface area contributed by atoms with Crippen LogP contribution in [-0.2, 0) is 4.79 Å². The van der Waals surface area contributed by atoms with Gasteiger partial charge in [-0.25, -0.2) is 9.07 Å². The molecule has 1 heterocycles. The van der Waals surface area contributed by atoms with E-state index in [9.17, 15) is 14.0 Å². The Kier molecular flexibility index (Phi) is 5.97. The molecule has 0 radical (unpaired) electrons. The molecule has 2 aromatic rings. The van der Waals surface area contributed by atoms with E-state index in [1.807, 2.05) is 0 Å². The lowest BCUT2D eigenvalue weighted by Crippen LogP contribution is -2.27. The fraction of sp³-hybridized carbons (Fsp3) is 0.312. The molecule has 0 aliphatic heterocycles. The fourth-order valence-electron chi connectivity index (χ4n) is 2.29. The van der Waals surface area contributed by atoms with Crippen molar-refractivity contribution >= 4 is 23.6 Å². The molecule has 6 nitrogen and oxygen atoms in total. The number of nitrogens with zero attached hydrogens (tertiary/aromatic N) is 2. The summed E-state index contributed by atoms with van der Waals surface area (Å²) >= 11 is 1.24. The number of aliphatic carboxylic acids is 1. The zero-order chi connectivity index (χ0) is 17.7. The predicted molar refractivity (Wildman–Crippen MR) is 90.3 cm³/mol. The number of rotatable bonds is 7. The van der Waals surface area contributed by atoms with E-state index in [1.54, 1.807) is 30.7 Å². The van der Waals surface area contributed by atoms with Crippen molar-refractivity contribution in [3.05, 3.63) is 47.0 Å². The summed E-state index contributed by atoms with van der Waals surface area (Å²) in [6.07, 6.45) is 0. The number of aryl methyl sites for hydroxylation is 1. The van der Waals surface area contributed by atoms with Gasteiger partial charge in [0.1, 0.15) is 5.82 Å². The van der Waals surface area contributed by atoms with Gasteiger partial charge in [-0.15, -0.1) is 11.8 Å². The predicted octanol–water partition coefficient (Wildman–Crippen LogP) is 2.18. The minimum Gasteiger partial charge on any atom is -0.481 e. The van der Waals surface area contributed by atoms with Crippen molar-refractivity contribution in [2.24, 2.45) is 0 Å². The van der Waals surface area contributed by atoms with Crippen molar-refractivity contribution in [2.45, 2.75) is 13.8 Å². The quantitative estimate of drug-likeness (QED) is 0.747. The van der Waals surface area contributed by atoms with E-state index in [4.69, 9.17) is 5.11 Å². The second-order valence-corrected chi connectivity index (χ2v) is 6.24. The first-order valence-corrected chi connectivity index (χ1v) is 8.45. The molecule has 24 heavy (non-hydrogen) atoms. The molecule has 0 aliphatic carbocycles. The average molecular weight is 351 g/mol. The molecule has 2 rings (SSSR count). The summed E-state index contributed by atoms with van der Waals surface area (Å²) in [4.78, 5) is 22.8. The van der Waals surface area contributed by atoms with Crippen LogP contribution in [-0.4, -0.2) is 44.8 Å². The highest BCUT2D eigenvalue weighted by atomic mass is 32.2. The van der Waals surface area contributed by atoms with E-state index >= 15 is 0 Å². The van der Waals surface area contributed by atoms with Crippen molar-refractivity contribution in [3.63, 3.8) is 0 Å². The van der Waals surface area contributed by atoms with Gasteiger partial charge >= 0.3 is 5.97 Å². The van der Waals surface area contributed by atoms with Gasteiger partial charge in [-0.3, -0.25) is 9.59 Å². The smallest absolute Gasteiger partial charge is 0.313 e. The third kappa shape index (κ3) is 4.35. The van der Waals surface area contributed by atoms with Crippen molar-refractivity contribution in [1.29, 1.82) is 0 Å². The number of halogens is 1. The van der Waals surface area contributed by atoms with Crippen LogP contribution in [0.15, 0.2) is 24.3 Å². The first-order chi connectivity index (χ1) is 11.4. The molecule has 0 unspecified atom stereocenters. The van der Waals surface area contributed by atoms with E-state index in [0.29, 0.717) is 34.9 Å². The van der Waals surface area contributed by atoms with Gasteiger partial charge < -0.3 is 10.4 Å². The molecule has 128 valence electrons. The van der Waals surface area contributed by atoms with Crippen LogP contribution < -0.4 is 5.32 Å². The summed E-state index contributed by atoms with van der Waals surface area (Å²) in [6, 6.07) is 5.87. The number of carbonyl (C=O) groups excluding carboxylic acids is 1. The maximum absolute atomic E-state index is 13.0. The zero-order valence-corrected chi connectivity index (χ0v) is 14.2. The van der Waals surface area contributed by atoms with Gasteiger partial charge in [-0.1, -0.05) is 0 Å². The Labute approximate surface area is 143 Å². The number of aromatic nitrogens is 2. The molecule has 8 heteroatoms. The monoisotopic (exact) mass is 351 g/mol. The lowest BCUT2D eigenvalue weighted by atomic mass is 10.2. The molecule has 0 saturated heterocycles. The Balaban J connectivity index is 2.06. The third-order valence-electron chi connectivity index (χ3n) is 3.35. The van der Waals surface area contributed by atoms with Gasteiger partial charge in [-0.05, 0) is 38.1 Å². The number of hydrogen-bond acceptors (Lipinski definition) is 4. The largest absolute Gasteiger partial charge is 0.481 e. The van der Waals surface area contributed by atoms with E-state index in [1.165, 1.54) is 23.9 Å². The number of nitrogens with one attached hydrogen (secondary N) is 1. The minimum atomic E-state index is -0.876. The molecule has 0 atom stereocenters. The maximum Gasteiger partial charge on any atom is 0.313 e. The molecule has 2 N–H and O–H groups in total. The van der Waals surface area contributed by atoms with Crippen molar-refractivity contribution in [2.75, 3.05) is 18.1 Å². The van der Waals surface area contributed by atoms with Crippen LogP contribution in [0.4, 0.5) is 4.39 Å². The number of hydrogen-bond donors (Lipinski definition) is 2. The summed E-state index contributed by atoms with van der Waals surface area (Å²) in [7, 11) is 0. The minimum absolute atomic E-state index is 0.0103. The number of benzene rings is 1. The van der Waals surface area contributed by atoms with E-state index in [0.717, 1.165) is 0 Å². The Morgan fingerprint density at radius 2 is 1.96 bits per heavy atom. The first kappa shape index (κ1) is 18.0. The highest BCUT2D eigenvalue weighted by Crippen LogP contribution is 2.18. The Bertz CT molecular complexity index is 744. The summed E-state index contributed by atoms with van der Waals surface area (Å²) < 4.78 is 14.6. The third-order valence-corrected chi connectivity index (χ3v) is 4.29. The molecule has 0 spiro atoms. The van der Waals surface area contributed by atoms with Gasteiger partial charge in [0.2, 0.25) is 0 Å². The van der Waals surface area contributed by atoms with Crippen LogP contribution in [0.3, 0.4) is 0 Å². The molecule has 0 saturated carbocycles. The standard InChI is InChI=1S/C16H18FN3O3S/c1-10-15(16(23)18-7-8-24-9-14(21)22)11(2)20(19-10)13-5-3-12(17)4-6-13/h3-6H,7-9H2,1-2H3,(H,18,23)(H,21,22). The summed E-state index contributed by atoms with van der Waals surface area (Å²) in [5.74, 6) is -0.941. The summed E-state index contributed by atoms with van der Waals surface area (Å²) in [5.41, 5.74) is 2.39. The normalized spacial score (nSPS) is 10.6. The summed E-state index contributed by atoms with van der Waals surface area (Å²) in [6.45, 7) is 3.88. The first-order valence-electron chi connectivity index (χ1n) is 7.30. The Morgan fingerprint density at radius 1 is 1.29 bits per heavy atom. The number of amides is 1. The number of carboxylic acid groups (broad SMARTS) is 1. The fourth-order valence-corrected chi connectivity index (χ4v) is 2.85. The number of thioether (sulfide) groups is 1. The van der Waals surface area contributed by atoms with Gasteiger partial charge in [0.15, 0.2) is 0 Å². The van der Waals surface area contributed by atoms with Crippen LogP contribution in [0.25, 0.3) is 5.69 Å². The van der Waals surface area contributed by atoms with Crippen LogP contribution >= 0.6 is 11.8 Å². The number of carboxylic acids is 1. The zero-order valence-electron chi connectivity index (χ0n) is 13.4. The van der Waals surface area contributed by atoms with E-state index < -0.39 is 5.97 Å². The molecular formula is C16H18FN3O3S. The van der Waals surface area contributed by atoms with E-state index in [2.05, 4.69) is 10.4 Å². The second kappa shape index (κ2) is 7.96. The molecular weight excluding hydrogens is 333 g/mol. The van der Waals surface area contributed by atoms with Gasteiger partial charge in [0.25, 0.3) is 5.91 Å². The highest BCUT2D eigenvalue weighted by Gasteiger charge is 2.19. The highest BCUT2D eigenvalue weighted by molar-refractivity contribution is 7.99. The topological polar surface area (TPSA) is 84.2 Å². The Morgan fingerprint density at radius 3 is 2.58 bits per heavy atom. The molecule has 0 fully saturated rings. The SMILES string of the molecule is Cc1nn(-c2ccc(F)cc2)c(C)c1C(=O)NCCSCC(=O)O. The van der Waals surface area contributed by atoms with Gasteiger partial charge in [0.05, 0.1) is 28.4 Å². The second-order valence-electron chi connectivity index (χ2n) is 5.14. The lowest BCUT2D eigenvalue weighted by molar-refractivity contribution is -0.133. The maximum atomic E-state index is 13.0. The molecule has 0 bridgehead atoms. The van der Waals surface area contributed by atoms with E-state index in [-0.39, 0.29) is 17.5 Å². The van der Waals surface area contributed by atoms with Crippen molar-refractivity contribution < 1.29 is 19.1 Å². The van der Waals surface area contributed by atoms with Crippen LogP contribution in [0.1, 0.15) is 21.7 Å². The lowest BCUT2D eigenvalue weighted by Gasteiger charge is -2.06. The van der Waals surface area contributed by atoms with Crippen LogP contribution in [0, 0.1) is 19.7 Å². The van der Waals surface area contributed by atoms with Crippen LogP contribution in [0.5, 0.6) is 0 Å². The molecule has 1 amide bonds. The van der Waals surface area contributed by atoms with Gasteiger partial charge in [0, 0.05) is 12.3 Å². The Hall–Kier alpha value is -2.35. The average Bonchev–Trinajstić information content (AvgIpc) is 2.82. The van der Waals surface area contributed by atoms with Crippen molar-refractivity contribution in [1.82, 2.24) is 15.1 Å². The number of carbonyl (C=O) groups is 2.